The Balaban J connectivity index is 1.70. The van der Waals surface area contributed by atoms with Crippen molar-refractivity contribution in [2.45, 2.75) is 25.4 Å². The Morgan fingerprint density at radius 1 is 1.25 bits per heavy atom. The summed E-state index contributed by atoms with van der Waals surface area (Å²) in [6, 6.07) is 12.0. The van der Waals surface area contributed by atoms with E-state index in [1.807, 2.05) is 30.3 Å². The van der Waals surface area contributed by atoms with Crippen molar-refractivity contribution in [3.63, 3.8) is 0 Å². The van der Waals surface area contributed by atoms with Gasteiger partial charge in [0.25, 0.3) is 0 Å². The van der Waals surface area contributed by atoms with E-state index in [-0.39, 0.29) is 12.0 Å². The van der Waals surface area contributed by atoms with Crippen LogP contribution in [0.5, 0.6) is 0 Å². The Morgan fingerprint density at radius 3 is 2.85 bits per heavy atom. The largest absolute Gasteiger partial charge is 0.378 e. The Bertz CT molecular complexity index is 635. The summed E-state index contributed by atoms with van der Waals surface area (Å²) < 4.78 is 6.53. The van der Waals surface area contributed by atoms with E-state index in [2.05, 4.69) is 27.3 Å². The predicted octanol–water partition coefficient (Wildman–Crippen LogP) is 4.11. The Hall–Kier alpha value is -1.39. The number of anilines is 1. The third kappa shape index (κ3) is 3.19. The number of hydrogen-bond donors (Lipinski definition) is 1. The third-order valence-electron chi connectivity index (χ3n) is 3.52. The highest BCUT2D eigenvalue weighted by Gasteiger charge is 2.19. The van der Waals surface area contributed by atoms with E-state index < -0.39 is 0 Å². The van der Waals surface area contributed by atoms with Gasteiger partial charge in [-0.15, -0.1) is 0 Å². The lowest BCUT2D eigenvalue weighted by Crippen LogP contribution is -2.19. The molecular weight excluding hydrogens is 318 g/mol. The van der Waals surface area contributed by atoms with Crippen molar-refractivity contribution < 1.29 is 9.53 Å². The second-order valence-corrected chi connectivity index (χ2v) is 6.01. The molecule has 1 unspecified atom stereocenters. The number of fused-ring (bicyclic) bond motifs is 1. The molecule has 0 aromatic heterocycles. The Labute approximate surface area is 126 Å². The number of amides is 1. The van der Waals surface area contributed by atoms with Gasteiger partial charge in [0.05, 0.1) is 12.5 Å². The monoisotopic (exact) mass is 333 g/mol. The van der Waals surface area contributed by atoms with Crippen molar-refractivity contribution >= 4 is 38.3 Å². The van der Waals surface area contributed by atoms with Gasteiger partial charge in [-0.3, -0.25) is 4.79 Å². The number of carbonyl (C=O) groups is 1. The van der Waals surface area contributed by atoms with Crippen LogP contribution in [0.1, 0.15) is 19.3 Å². The molecule has 1 N–H and O–H groups in total. The maximum Gasteiger partial charge on any atom is 0.226 e. The molecule has 0 aliphatic carbocycles. The zero-order valence-corrected chi connectivity index (χ0v) is 12.7. The van der Waals surface area contributed by atoms with Crippen LogP contribution in [0, 0.1) is 0 Å². The van der Waals surface area contributed by atoms with Gasteiger partial charge in [-0.05, 0) is 47.9 Å². The molecule has 2 aromatic rings. The molecule has 3 rings (SSSR count). The van der Waals surface area contributed by atoms with Crippen LogP contribution in [0.15, 0.2) is 40.9 Å². The first-order valence-electron chi connectivity index (χ1n) is 6.81. The molecule has 0 bridgehead atoms. The van der Waals surface area contributed by atoms with Crippen LogP contribution < -0.4 is 5.32 Å². The standard InChI is InChI=1S/C16H16BrNO2/c17-13-5-3-12-9-14(6-4-11(12)8-13)18-16(19)10-15-2-1-7-20-15/h3-6,8-9,15H,1-2,7,10H2,(H,18,19). The van der Waals surface area contributed by atoms with E-state index in [9.17, 15) is 4.79 Å². The number of nitrogens with one attached hydrogen (secondary N) is 1. The van der Waals surface area contributed by atoms with Crippen LogP contribution in [-0.4, -0.2) is 18.6 Å². The van der Waals surface area contributed by atoms with Gasteiger partial charge in [0.1, 0.15) is 0 Å². The van der Waals surface area contributed by atoms with E-state index in [1.54, 1.807) is 0 Å². The molecule has 1 atom stereocenters. The Morgan fingerprint density at radius 2 is 2.05 bits per heavy atom. The first kappa shape index (κ1) is 13.6. The first-order valence-corrected chi connectivity index (χ1v) is 7.61. The highest BCUT2D eigenvalue weighted by molar-refractivity contribution is 9.10. The van der Waals surface area contributed by atoms with E-state index in [1.165, 1.54) is 0 Å². The average molecular weight is 334 g/mol. The smallest absolute Gasteiger partial charge is 0.226 e. The van der Waals surface area contributed by atoms with Crippen molar-refractivity contribution in [2.75, 3.05) is 11.9 Å². The lowest BCUT2D eigenvalue weighted by Gasteiger charge is -2.10. The van der Waals surface area contributed by atoms with E-state index in [0.717, 1.165) is 40.4 Å². The van der Waals surface area contributed by atoms with Crippen molar-refractivity contribution in [2.24, 2.45) is 0 Å². The van der Waals surface area contributed by atoms with Crippen LogP contribution in [0.4, 0.5) is 5.69 Å². The second-order valence-electron chi connectivity index (χ2n) is 5.09. The summed E-state index contributed by atoms with van der Waals surface area (Å²) in [5.74, 6) is 0.0216. The van der Waals surface area contributed by atoms with E-state index in [4.69, 9.17) is 4.74 Å². The van der Waals surface area contributed by atoms with Gasteiger partial charge in [-0.2, -0.15) is 0 Å². The van der Waals surface area contributed by atoms with Crippen molar-refractivity contribution in [3.05, 3.63) is 40.9 Å². The highest BCUT2D eigenvalue weighted by Crippen LogP contribution is 2.23. The molecule has 1 aliphatic rings. The molecule has 1 saturated heterocycles. The molecule has 104 valence electrons. The zero-order valence-electron chi connectivity index (χ0n) is 11.1. The fourth-order valence-corrected chi connectivity index (χ4v) is 2.90. The molecule has 0 saturated carbocycles. The maximum atomic E-state index is 12.0. The number of hydrogen-bond acceptors (Lipinski definition) is 2. The minimum absolute atomic E-state index is 0.0216. The van der Waals surface area contributed by atoms with Crippen LogP contribution in [0.3, 0.4) is 0 Å². The van der Waals surface area contributed by atoms with Crippen LogP contribution in [-0.2, 0) is 9.53 Å². The van der Waals surface area contributed by atoms with Gasteiger partial charge in [-0.25, -0.2) is 0 Å². The summed E-state index contributed by atoms with van der Waals surface area (Å²) in [5, 5.41) is 5.21. The molecule has 20 heavy (non-hydrogen) atoms. The molecular formula is C16H16BrNO2. The minimum Gasteiger partial charge on any atom is -0.378 e. The molecule has 1 aliphatic heterocycles. The molecule has 1 amide bonds. The fourth-order valence-electron chi connectivity index (χ4n) is 2.52. The van der Waals surface area contributed by atoms with Gasteiger partial charge in [0.15, 0.2) is 0 Å². The quantitative estimate of drug-likeness (QED) is 0.917. The summed E-state index contributed by atoms with van der Waals surface area (Å²) in [6.45, 7) is 0.781. The zero-order chi connectivity index (χ0) is 13.9. The highest BCUT2D eigenvalue weighted by atomic mass is 79.9. The summed E-state index contributed by atoms with van der Waals surface area (Å²) in [5.41, 5.74) is 0.836. The predicted molar refractivity (Wildman–Crippen MR) is 83.9 cm³/mol. The van der Waals surface area contributed by atoms with Crippen LogP contribution >= 0.6 is 15.9 Å². The van der Waals surface area contributed by atoms with Crippen molar-refractivity contribution in [1.82, 2.24) is 0 Å². The second kappa shape index (κ2) is 5.94. The lowest BCUT2D eigenvalue weighted by molar-refractivity contribution is -0.118. The normalized spacial score (nSPS) is 18.4. The van der Waals surface area contributed by atoms with Gasteiger partial charge in [0, 0.05) is 16.8 Å². The molecule has 0 spiro atoms. The number of ether oxygens (including phenoxy) is 1. The Kier molecular flexibility index (Phi) is 4.03. The topological polar surface area (TPSA) is 38.3 Å². The fraction of sp³-hybridized carbons (Fsp3) is 0.312. The van der Waals surface area contributed by atoms with Gasteiger partial charge >= 0.3 is 0 Å². The molecule has 1 fully saturated rings. The maximum absolute atomic E-state index is 12.0. The van der Waals surface area contributed by atoms with Crippen molar-refractivity contribution in [1.29, 1.82) is 0 Å². The molecule has 4 heteroatoms. The molecule has 1 heterocycles. The lowest BCUT2D eigenvalue weighted by atomic mass is 10.1. The number of halogens is 1. The number of benzene rings is 2. The van der Waals surface area contributed by atoms with Gasteiger partial charge < -0.3 is 10.1 Å². The third-order valence-corrected chi connectivity index (χ3v) is 4.02. The average Bonchev–Trinajstić information content (AvgIpc) is 2.91. The van der Waals surface area contributed by atoms with E-state index >= 15 is 0 Å². The van der Waals surface area contributed by atoms with Crippen molar-refractivity contribution in [3.8, 4) is 0 Å². The summed E-state index contributed by atoms with van der Waals surface area (Å²) >= 11 is 3.46. The number of carbonyl (C=O) groups excluding carboxylic acids is 1. The SMILES string of the molecule is O=C(CC1CCCO1)Nc1ccc2cc(Br)ccc2c1. The summed E-state index contributed by atoms with van der Waals surface area (Å²) in [7, 11) is 0. The summed E-state index contributed by atoms with van der Waals surface area (Å²) in [4.78, 5) is 12.0. The van der Waals surface area contributed by atoms with E-state index in [0.29, 0.717) is 6.42 Å². The molecule has 0 radical (unpaired) electrons. The first-order chi connectivity index (χ1) is 9.70. The van der Waals surface area contributed by atoms with Crippen LogP contribution in [0.2, 0.25) is 0 Å². The molecule has 3 nitrogen and oxygen atoms in total. The minimum atomic E-state index is 0.0216. The van der Waals surface area contributed by atoms with Crippen LogP contribution in [0.25, 0.3) is 10.8 Å². The van der Waals surface area contributed by atoms with Gasteiger partial charge in [-0.1, -0.05) is 28.1 Å². The summed E-state index contributed by atoms with van der Waals surface area (Å²) in [6.07, 6.45) is 2.58. The van der Waals surface area contributed by atoms with Gasteiger partial charge in [0.2, 0.25) is 5.91 Å². The molecule has 2 aromatic carbocycles. The number of rotatable bonds is 3.